The maximum Gasteiger partial charge on any atom is 0.255 e. The van der Waals surface area contributed by atoms with Gasteiger partial charge in [0.1, 0.15) is 11.9 Å². The highest BCUT2D eigenvalue weighted by molar-refractivity contribution is 14.1. The van der Waals surface area contributed by atoms with Gasteiger partial charge in [-0.15, -0.1) is 0 Å². The summed E-state index contributed by atoms with van der Waals surface area (Å²) in [5, 5.41) is 2.78. The molecule has 1 unspecified atom stereocenters. The lowest BCUT2D eigenvalue weighted by Crippen LogP contribution is -2.42. The molecule has 0 aromatic carbocycles. The van der Waals surface area contributed by atoms with Gasteiger partial charge in [0.15, 0.2) is 0 Å². The van der Waals surface area contributed by atoms with Crippen molar-refractivity contribution in [2.45, 2.75) is 20.0 Å². The first-order chi connectivity index (χ1) is 8.40. The predicted molar refractivity (Wildman–Crippen MR) is 89.0 cm³/mol. The van der Waals surface area contributed by atoms with E-state index < -0.39 is 6.10 Å². The van der Waals surface area contributed by atoms with Gasteiger partial charge in [0.2, 0.25) is 0 Å². The van der Waals surface area contributed by atoms with Crippen molar-refractivity contribution in [2.75, 3.05) is 16.9 Å². The van der Waals surface area contributed by atoms with Gasteiger partial charge < -0.3 is 10.1 Å². The number of aromatic nitrogens is 1. The summed E-state index contributed by atoms with van der Waals surface area (Å²) in [4.78, 5) is 16.3. The van der Waals surface area contributed by atoms with Gasteiger partial charge in [-0.05, 0) is 34.7 Å². The molecule has 1 heterocycles. The summed E-state index contributed by atoms with van der Waals surface area (Å²) >= 11 is 4.43. The lowest BCUT2D eigenvalue weighted by Gasteiger charge is -2.30. The van der Waals surface area contributed by atoms with Crippen molar-refractivity contribution >= 4 is 56.9 Å². The molecule has 6 heteroatoms. The Balaban J connectivity index is 2.77. The number of carbonyl (C=O) groups excluding carboxylic acids is 1. The number of halogens is 2. The third-order valence-corrected chi connectivity index (χ3v) is 5.11. The first kappa shape index (κ1) is 16.1. The van der Waals surface area contributed by atoms with Crippen LogP contribution in [0.3, 0.4) is 0 Å². The van der Waals surface area contributed by atoms with Gasteiger partial charge in [0.25, 0.3) is 5.91 Å². The molecular formula is C12H16I2N2O2. The average Bonchev–Trinajstić information content (AvgIpc) is 2.32. The van der Waals surface area contributed by atoms with Crippen LogP contribution in [0.25, 0.3) is 0 Å². The molecule has 1 N–H and O–H groups in total. The van der Waals surface area contributed by atoms with Crippen LogP contribution in [0.4, 0.5) is 5.82 Å². The first-order valence-corrected chi connectivity index (χ1v) is 8.02. The van der Waals surface area contributed by atoms with E-state index in [0.717, 1.165) is 8.00 Å². The van der Waals surface area contributed by atoms with E-state index in [9.17, 15) is 4.79 Å². The second kappa shape index (κ2) is 6.99. The fourth-order valence-corrected chi connectivity index (χ4v) is 2.21. The number of nitrogens with zero attached hydrogens (tertiary/aromatic N) is 1. The Morgan fingerprint density at radius 3 is 2.67 bits per heavy atom. The Morgan fingerprint density at radius 2 is 2.22 bits per heavy atom. The first-order valence-electron chi connectivity index (χ1n) is 5.42. The molecule has 0 fully saturated rings. The minimum atomic E-state index is -0.490. The molecule has 1 aromatic heterocycles. The van der Waals surface area contributed by atoms with Crippen molar-refractivity contribution in [3.8, 4) is 0 Å². The molecule has 18 heavy (non-hydrogen) atoms. The normalized spacial score (nSPS) is 13.2. The SMILES string of the molecule is COC(C(=O)Nc1ccc(I)cn1)C(C)(C)CI. The van der Waals surface area contributed by atoms with E-state index in [2.05, 4.69) is 55.5 Å². The van der Waals surface area contributed by atoms with Crippen molar-refractivity contribution in [3.63, 3.8) is 0 Å². The minimum absolute atomic E-state index is 0.159. The fourth-order valence-electron chi connectivity index (χ4n) is 1.49. The van der Waals surface area contributed by atoms with Crippen LogP contribution in [0.5, 0.6) is 0 Å². The minimum Gasteiger partial charge on any atom is -0.371 e. The highest BCUT2D eigenvalue weighted by Crippen LogP contribution is 2.26. The van der Waals surface area contributed by atoms with Crippen molar-refractivity contribution in [1.29, 1.82) is 0 Å². The molecular weight excluding hydrogens is 458 g/mol. The van der Waals surface area contributed by atoms with Crippen LogP contribution in [0.1, 0.15) is 13.8 Å². The summed E-state index contributed by atoms with van der Waals surface area (Å²) < 4.78 is 7.18. The third kappa shape index (κ3) is 4.30. The second-order valence-corrected chi connectivity index (χ2v) is 6.60. The molecule has 0 aliphatic carbocycles. The molecule has 0 aliphatic rings. The highest BCUT2D eigenvalue weighted by Gasteiger charge is 2.34. The number of nitrogens with one attached hydrogen (secondary N) is 1. The summed E-state index contributed by atoms with van der Waals surface area (Å²) in [6.07, 6.45) is 1.22. The number of alkyl halides is 1. The number of anilines is 1. The molecule has 1 rings (SSSR count). The molecule has 0 saturated carbocycles. The van der Waals surface area contributed by atoms with Crippen LogP contribution in [0.15, 0.2) is 18.3 Å². The van der Waals surface area contributed by atoms with Crippen molar-refractivity contribution < 1.29 is 9.53 Å². The number of rotatable bonds is 5. The Labute approximate surface area is 135 Å². The highest BCUT2D eigenvalue weighted by atomic mass is 127. The molecule has 0 radical (unpaired) electrons. The number of carbonyl (C=O) groups is 1. The van der Waals surface area contributed by atoms with E-state index in [1.165, 1.54) is 0 Å². The van der Waals surface area contributed by atoms with Gasteiger partial charge in [0, 0.05) is 26.7 Å². The standard InChI is InChI=1S/C12H16I2N2O2/c1-12(2,7-13)10(18-3)11(17)16-9-5-4-8(14)6-15-9/h4-6,10H,7H2,1-3H3,(H,15,16,17). The van der Waals surface area contributed by atoms with Crippen LogP contribution < -0.4 is 5.32 Å². The fraction of sp³-hybridized carbons (Fsp3) is 0.500. The Bertz CT molecular complexity index is 407. The van der Waals surface area contributed by atoms with Gasteiger partial charge >= 0.3 is 0 Å². The maximum atomic E-state index is 12.2. The summed E-state index contributed by atoms with van der Waals surface area (Å²) in [6, 6.07) is 3.68. The van der Waals surface area contributed by atoms with E-state index in [-0.39, 0.29) is 11.3 Å². The van der Waals surface area contributed by atoms with E-state index in [1.807, 2.05) is 19.9 Å². The zero-order valence-electron chi connectivity index (χ0n) is 10.5. The molecule has 1 amide bonds. The van der Waals surface area contributed by atoms with Gasteiger partial charge in [-0.2, -0.15) is 0 Å². The van der Waals surface area contributed by atoms with E-state index >= 15 is 0 Å². The smallest absolute Gasteiger partial charge is 0.255 e. The molecule has 0 bridgehead atoms. The van der Waals surface area contributed by atoms with Gasteiger partial charge in [-0.25, -0.2) is 4.98 Å². The van der Waals surface area contributed by atoms with Gasteiger partial charge in [-0.3, -0.25) is 4.79 Å². The van der Waals surface area contributed by atoms with Gasteiger partial charge in [-0.1, -0.05) is 36.4 Å². The number of hydrogen-bond donors (Lipinski definition) is 1. The third-order valence-electron chi connectivity index (χ3n) is 2.51. The lowest BCUT2D eigenvalue weighted by atomic mass is 9.88. The summed E-state index contributed by atoms with van der Waals surface area (Å²) in [7, 11) is 1.56. The number of hydrogen-bond acceptors (Lipinski definition) is 3. The van der Waals surface area contributed by atoms with E-state index in [4.69, 9.17) is 4.74 Å². The topological polar surface area (TPSA) is 51.2 Å². The molecule has 0 spiro atoms. The van der Waals surface area contributed by atoms with Crippen LogP contribution >= 0.6 is 45.2 Å². The molecule has 0 aliphatic heterocycles. The predicted octanol–water partition coefficient (Wildman–Crippen LogP) is 3.10. The number of ether oxygens (including phenoxy) is 1. The number of methoxy groups -OCH3 is 1. The van der Waals surface area contributed by atoms with E-state index in [1.54, 1.807) is 19.4 Å². The monoisotopic (exact) mass is 474 g/mol. The van der Waals surface area contributed by atoms with Gasteiger partial charge in [0.05, 0.1) is 0 Å². The average molecular weight is 474 g/mol. The van der Waals surface area contributed by atoms with Crippen LogP contribution in [0.2, 0.25) is 0 Å². The van der Waals surface area contributed by atoms with Crippen LogP contribution in [-0.2, 0) is 9.53 Å². The second-order valence-electron chi connectivity index (χ2n) is 4.59. The Hall–Kier alpha value is 0.0400. The van der Waals surface area contributed by atoms with E-state index in [0.29, 0.717) is 5.82 Å². The lowest BCUT2D eigenvalue weighted by molar-refractivity contribution is -0.131. The van der Waals surface area contributed by atoms with Crippen molar-refractivity contribution in [2.24, 2.45) is 5.41 Å². The molecule has 0 saturated heterocycles. The number of amides is 1. The number of pyridine rings is 1. The van der Waals surface area contributed by atoms with Crippen molar-refractivity contribution in [1.82, 2.24) is 4.98 Å². The largest absolute Gasteiger partial charge is 0.371 e. The summed E-state index contributed by atoms with van der Waals surface area (Å²) in [5.41, 5.74) is -0.220. The summed E-state index contributed by atoms with van der Waals surface area (Å²) in [6.45, 7) is 4.02. The quantitative estimate of drug-likeness (QED) is 0.528. The molecule has 1 aromatic rings. The zero-order chi connectivity index (χ0) is 13.8. The summed E-state index contributed by atoms with van der Waals surface area (Å²) in [5.74, 6) is 0.389. The van der Waals surface area contributed by atoms with Crippen LogP contribution in [-0.4, -0.2) is 28.5 Å². The Morgan fingerprint density at radius 1 is 1.56 bits per heavy atom. The zero-order valence-corrected chi connectivity index (χ0v) is 14.9. The Kier molecular flexibility index (Phi) is 6.25. The maximum absolute atomic E-state index is 12.2. The molecule has 1 atom stereocenters. The van der Waals surface area contributed by atoms with Crippen LogP contribution in [0, 0.1) is 8.99 Å². The van der Waals surface area contributed by atoms with Crippen molar-refractivity contribution in [3.05, 3.63) is 21.9 Å². The molecule has 100 valence electrons. The molecule has 4 nitrogen and oxygen atoms in total.